The van der Waals surface area contributed by atoms with Gasteiger partial charge in [-0.1, -0.05) is 67.1 Å². The average molecular weight is 511 g/mol. The van der Waals surface area contributed by atoms with Crippen molar-refractivity contribution in [2.45, 2.75) is 51.7 Å². The van der Waals surface area contributed by atoms with Crippen molar-refractivity contribution in [1.82, 2.24) is 10.2 Å². The van der Waals surface area contributed by atoms with E-state index in [0.717, 1.165) is 17.5 Å². The van der Waals surface area contributed by atoms with Crippen LogP contribution in [0, 0.1) is 5.82 Å². The highest BCUT2D eigenvalue weighted by molar-refractivity contribution is 6.31. The summed E-state index contributed by atoms with van der Waals surface area (Å²) in [6.45, 7) is 4.05. The number of halogens is 2. The van der Waals surface area contributed by atoms with Gasteiger partial charge in [0.1, 0.15) is 17.6 Å². The van der Waals surface area contributed by atoms with Gasteiger partial charge in [0.25, 0.3) is 0 Å². The number of carbonyl (C=O) groups excluding carboxylic acids is 2. The van der Waals surface area contributed by atoms with Crippen LogP contribution in [0.15, 0.2) is 72.8 Å². The van der Waals surface area contributed by atoms with Crippen LogP contribution in [0.3, 0.4) is 0 Å². The van der Waals surface area contributed by atoms with Gasteiger partial charge < -0.3 is 15.0 Å². The third kappa shape index (κ3) is 7.31. The molecule has 3 aromatic carbocycles. The molecule has 0 aliphatic heterocycles. The summed E-state index contributed by atoms with van der Waals surface area (Å²) in [7, 11) is 1.57. The molecule has 0 bridgehead atoms. The molecular weight excluding hydrogens is 479 g/mol. The number of amides is 2. The first-order chi connectivity index (χ1) is 17.3. The number of carbonyl (C=O) groups is 2. The molecule has 2 atom stereocenters. The van der Waals surface area contributed by atoms with Crippen molar-refractivity contribution in [3.63, 3.8) is 0 Å². The van der Waals surface area contributed by atoms with Gasteiger partial charge in [-0.05, 0) is 48.7 Å². The highest BCUT2D eigenvalue weighted by atomic mass is 35.5. The predicted molar refractivity (Wildman–Crippen MR) is 140 cm³/mol. The number of benzene rings is 3. The van der Waals surface area contributed by atoms with Gasteiger partial charge >= 0.3 is 0 Å². The minimum Gasteiger partial charge on any atom is -0.497 e. The summed E-state index contributed by atoms with van der Waals surface area (Å²) in [6.07, 6.45) is 0.791. The average Bonchev–Trinajstić information content (AvgIpc) is 2.88. The molecule has 0 fully saturated rings. The van der Waals surface area contributed by atoms with Crippen molar-refractivity contribution >= 4 is 23.4 Å². The molecule has 0 aliphatic rings. The Morgan fingerprint density at radius 1 is 1.03 bits per heavy atom. The first kappa shape index (κ1) is 27.2. The van der Waals surface area contributed by atoms with Crippen molar-refractivity contribution in [3.05, 3.63) is 100 Å². The molecule has 5 nitrogen and oxygen atoms in total. The summed E-state index contributed by atoms with van der Waals surface area (Å²) in [5.41, 5.74) is 1.81. The minimum absolute atomic E-state index is 0.0643. The molecule has 0 saturated carbocycles. The minimum atomic E-state index is -0.814. The summed E-state index contributed by atoms with van der Waals surface area (Å²) in [5.74, 6) is -0.573. The molecule has 0 heterocycles. The number of rotatable bonds is 11. The Bertz CT molecular complexity index is 1150. The maximum atomic E-state index is 14.6. The SMILES string of the molecule is CC[C@H](C)NC(=O)[C@H](Cc1ccccc1)N(Cc1cccc(OC)c1)C(=O)Cc1c(F)cccc1Cl. The zero-order valence-corrected chi connectivity index (χ0v) is 21.6. The normalized spacial score (nSPS) is 12.5. The monoisotopic (exact) mass is 510 g/mol. The highest BCUT2D eigenvalue weighted by Crippen LogP contribution is 2.23. The van der Waals surface area contributed by atoms with Gasteiger partial charge in [-0.2, -0.15) is 0 Å². The van der Waals surface area contributed by atoms with Crippen LogP contribution in [0.25, 0.3) is 0 Å². The fourth-order valence-corrected chi connectivity index (χ4v) is 4.15. The maximum Gasteiger partial charge on any atom is 0.243 e. The molecule has 1 N–H and O–H groups in total. The lowest BCUT2D eigenvalue weighted by Crippen LogP contribution is -2.52. The third-order valence-electron chi connectivity index (χ3n) is 6.15. The Morgan fingerprint density at radius 2 is 1.72 bits per heavy atom. The number of nitrogens with one attached hydrogen (secondary N) is 1. The lowest BCUT2D eigenvalue weighted by Gasteiger charge is -2.32. The van der Waals surface area contributed by atoms with Crippen molar-refractivity contribution in [2.75, 3.05) is 7.11 Å². The largest absolute Gasteiger partial charge is 0.497 e. The summed E-state index contributed by atoms with van der Waals surface area (Å²) in [4.78, 5) is 28.8. The van der Waals surface area contributed by atoms with Gasteiger partial charge in [0, 0.05) is 29.6 Å². The predicted octanol–water partition coefficient (Wildman–Crippen LogP) is 5.59. The summed E-state index contributed by atoms with van der Waals surface area (Å²) >= 11 is 6.23. The highest BCUT2D eigenvalue weighted by Gasteiger charge is 2.31. The van der Waals surface area contributed by atoms with E-state index in [9.17, 15) is 14.0 Å². The van der Waals surface area contributed by atoms with E-state index in [-0.39, 0.29) is 35.5 Å². The second-order valence-corrected chi connectivity index (χ2v) is 9.18. The summed E-state index contributed by atoms with van der Waals surface area (Å²) in [6, 6.07) is 20.3. The molecule has 3 aromatic rings. The molecule has 190 valence electrons. The Labute approximate surface area is 217 Å². The number of ether oxygens (including phenoxy) is 1. The Balaban J connectivity index is 2.02. The quantitative estimate of drug-likeness (QED) is 0.366. The van der Waals surface area contributed by atoms with Gasteiger partial charge in [-0.25, -0.2) is 4.39 Å². The molecule has 2 amide bonds. The van der Waals surface area contributed by atoms with Crippen LogP contribution in [0.5, 0.6) is 5.75 Å². The summed E-state index contributed by atoms with van der Waals surface area (Å²) in [5, 5.41) is 3.20. The maximum absolute atomic E-state index is 14.6. The zero-order valence-electron chi connectivity index (χ0n) is 20.8. The van der Waals surface area contributed by atoms with E-state index in [1.165, 1.54) is 17.0 Å². The van der Waals surface area contributed by atoms with E-state index in [4.69, 9.17) is 16.3 Å². The van der Waals surface area contributed by atoms with Crippen LogP contribution in [0.1, 0.15) is 37.0 Å². The molecule has 0 spiro atoms. The van der Waals surface area contributed by atoms with Gasteiger partial charge in [0.05, 0.1) is 13.5 Å². The first-order valence-electron chi connectivity index (χ1n) is 12.0. The number of methoxy groups -OCH3 is 1. The first-order valence-corrected chi connectivity index (χ1v) is 12.4. The van der Waals surface area contributed by atoms with Crippen molar-refractivity contribution in [1.29, 1.82) is 0 Å². The van der Waals surface area contributed by atoms with Crippen molar-refractivity contribution in [3.8, 4) is 5.75 Å². The van der Waals surface area contributed by atoms with Gasteiger partial charge in [0.2, 0.25) is 11.8 Å². The number of hydrogen-bond donors (Lipinski definition) is 1. The molecule has 0 aromatic heterocycles. The molecule has 0 aliphatic carbocycles. The lowest BCUT2D eigenvalue weighted by atomic mass is 10.0. The van der Waals surface area contributed by atoms with E-state index in [0.29, 0.717) is 12.2 Å². The van der Waals surface area contributed by atoms with Gasteiger partial charge in [-0.3, -0.25) is 9.59 Å². The number of hydrogen-bond acceptors (Lipinski definition) is 3. The molecule has 0 unspecified atom stereocenters. The second-order valence-electron chi connectivity index (χ2n) is 8.77. The van der Waals surface area contributed by atoms with Crippen LogP contribution < -0.4 is 10.1 Å². The van der Waals surface area contributed by atoms with Crippen molar-refractivity contribution in [2.24, 2.45) is 0 Å². The summed E-state index contributed by atoms with van der Waals surface area (Å²) < 4.78 is 19.9. The Kier molecular flexibility index (Phi) is 9.88. The molecular formula is C29H32ClFN2O3. The second kappa shape index (κ2) is 13.1. The molecule has 3 rings (SSSR count). The smallest absolute Gasteiger partial charge is 0.243 e. The standard InChI is InChI=1S/C29H32ClFN2O3/c1-4-20(2)32-29(35)27(17-21-10-6-5-7-11-21)33(19-22-12-8-13-23(16-22)36-3)28(34)18-24-25(30)14-9-15-26(24)31/h5-16,20,27H,4,17-19H2,1-3H3,(H,32,35)/t20-,27-/m0/s1. The van der Waals surface area contributed by atoms with Crippen molar-refractivity contribution < 1.29 is 18.7 Å². The van der Waals surface area contributed by atoms with Gasteiger partial charge in [0.15, 0.2) is 0 Å². The molecule has 36 heavy (non-hydrogen) atoms. The van der Waals surface area contributed by atoms with Crippen LogP contribution in [-0.2, 0) is 29.0 Å². The molecule has 7 heteroatoms. The molecule has 0 saturated heterocycles. The topological polar surface area (TPSA) is 58.6 Å². The van der Waals surface area contributed by atoms with E-state index in [1.807, 2.05) is 68.4 Å². The van der Waals surface area contributed by atoms with E-state index >= 15 is 0 Å². The van der Waals surface area contributed by atoms with E-state index in [2.05, 4.69) is 5.32 Å². The molecule has 0 radical (unpaired) electrons. The fourth-order valence-electron chi connectivity index (χ4n) is 3.92. The third-order valence-corrected chi connectivity index (χ3v) is 6.50. The Hall–Kier alpha value is -3.38. The zero-order chi connectivity index (χ0) is 26.1. The number of nitrogens with zero attached hydrogens (tertiary/aromatic N) is 1. The lowest BCUT2D eigenvalue weighted by molar-refractivity contribution is -0.141. The van der Waals surface area contributed by atoms with Crippen LogP contribution in [-0.4, -0.2) is 35.9 Å². The Morgan fingerprint density at radius 3 is 2.39 bits per heavy atom. The van der Waals surface area contributed by atoms with E-state index < -0.39 is 17.8 Å². The van der Waals surface area contributed by atoms with E-state index in [1.54, 1.807) is 13.2 Å². The van der Waals surface area contributed by atoms with Crippen LogP contribution >= 0.6 is 11.6 Å². The van der Waals surface area contributed by atoms with Gasteiger partial charge in [-0.15, -0.1) is 0 Å². The fraction of sp³-hybridized carbons (Fsp3) is 0.310. The van der Waals surface area contributed by atoms with Crippen LogP contribution in [0.2, 0.25) is 5.02 Å². The van der Waals surface area contributed by atoms with Crippen LogP contribution in [0.4, 0.5) is 4.39 Å².